The van der Waals surface area contributed by atoms with Crippen molar-refractivity contribution >= 4 is 45.9 Å². The molecule has 3 nitrogen and oxygen atoms in total. The molecule has 1 atom stereocenters. The fourth-order valence-corrected chi connectivity index (χ4v) is 2.67. The van der Waals surface area contributed by atoms with E-state index in [1.165, 1.54) is 0 Å². The molecule has 0 fully saturated rings. The average molecular weight is 413 g/mol. The van der Waals surface area contributed by atoms with E-state index in [1.807, 2.05) is 54.8 Å². The van der Waals surface area contributed by atoms with Crippen LogP contribution in [-0.2, 0) is 4.79 Å². The zero-order valence-electron chi connectivity index (χ0n) is 11.8. The van der Waals surface area contributed by atoms with Crippen LogP contribution >= 0.6 is 34.4 Å². The Morgan fingerprint density at radius 3 is 2.52 bits per heavy atom. The van der Waals surface area contributed by atoms with Crippen molar-refractivity contribution in [3.05, 3.63) is 52.1 Å². The Morgan fingerprint density at radius 1 is 1.19 bits per heavy atom. The average Bonchev–Trinajstić information content (AvgIpc) is 2.50. The van der Waals surface area contributed by atoms with E-state index in [-0.39, 0.29) is 5.91 Å². The molecule has 1 unspecified atom stereocenters. The third-order valence-electron chi connectivity index (χ3n) is 2.86. The highest BCUT2D eigenvalue weighted by atomic mass is 127. The van der Waals surface area contributed by atoms with Crippen molar-refractivity contribution in [2.24, 2.45) is 0 Å². The van der Waals surface area contributed by atoms with Gasteiger partial charge in [0.2, 0.25) is 0 Å². The van der Waals surface area contributed by atoms with Gasteiger partial charge in [-0.3, -0.25) is 4.79 Å². The summed E-state index contributed by atoms with van der Waals surface area (Å²) in [6.45, 7) is 1.75. The predicted molar refractivity (Wildman–Crippen MR) is 96.1 cm³/mol. The summed E-state index contributed by atoms with van der Waals surface area (Å²) >= 11 is 3.83. The second kappa shape index (κ2) is 7.70. The van der Waals surface area contributed by atoms with E-state index in [4.69, 9.17) is 4.74 Å². The Bertz CT molecular complexity index is 616. The van der Waals surface area contributed by atoms with E-state index in [1.54, 1.807) is 18.7 Å². The monoisotopic (exact) mass is 413 g/mol. The van der Waals surface area contributed by atoms with Crippen LogP contribution in [0.2, 0.25) is 0 Å². The second-order valence-electron chi connectivity index (χ2n) is 4.40. The Morgan fingerprint density at radius 2 is 1.86 bits per heavy atom. The predicted octanol–water partition coefficient (Wildman–Crippen LogP) is 4.42. The van der Waals surface area contributed by atoms with Gasteiger partial charge in [0.05, 0.1) is 5.69 Å². The summed E-state index contributed by atoms with van der Waals surface area (Å²) in [5, 5.41) is 2.91. The summed E-state index contributed by atoms with van der Waals surface area (Å²) in [5.74, 6) is 0.534. The van der Waals surface area contributed by atoms with Crippen molar-refractivity contribution in [3.8, 4) is 5.75 Å². The molecule has 2 rings (SSSR count). The lowest BCUT2D eigenvalue weighted by atomic mass is 10.3. The maximum Gasteiger partial charge on any atom is 0.265 e. The first-order valence-corrected chi connectivity index (χ1v) is 8.76. The van der Waals surface area contributed by atoms with Crippen LogP contribution in [0, 0.1) is 3.57 Å². The summed E-state index contributed by atoms with van der Waals surface area (Å²) < 4.78 is 6.79. The van der Waals surface area contributed by atoms with Crippen molar-refractivity contribution in [2.45, 2.75) is 17.9 Å². The van der Waals surface area contributed by atoms with Crippen molar-refractivity contribution in [2.75, 3.05) is 11.6 Å². The lowest BCUT2D eigenvalue weighted by Crippen LogP contribution is -2.30. The molecule has 0 radical (unpaired) electrons. The van der Waals surface area contributed by atoms with Crippen molar-refractivity contribution in [1.29, 1.82) is 0 Å². The Balaban J connectivity index is 2.01. The molecule has 2 aromatic rings. The second-order valence-corrected chi connectivity index (χ2v) is 6.50. The summed E-state index contributed by atoms with van der Waals surface area (Å²) in [5.41, 5.74) is 0.813. The first-order valence-electron chi connectivity index (χ1n) is 6.46. The number of benzene rings is 2. The minimum atomic E-state index is -0.556. The molecule has 110 valence electrons. The SMILES string of the molecule is CSc1ccccc1NC(=O)C(C)Oc1ccc(I)cc1. The summed E-state index contributed by atoms with van der Waals surface area (Å²) in [6, 6.07) is 15.3. The molecule has 0 aliphatic rings. The Hall–Kier alpha value is -1.21. The molecule has 5 heteroatoms. The number of hydrogen-bond donors (Lipinski definition) is 1. The molecule has 0 aromatic heterocycles. The number of halogens is 1. The van der Waals surface area contributed by atoms with Crippen molar-refractivity contribution in [1.82, 2.24) is 0 Å². The molecular weight excluding hydrogens is 397 g/mol. The number of hydrogen-bond acceptors (Lipinski definition) is 3. The van der Waals surface area contributed by atoms with Gasteiger partial charge in [-0.05, 0) is 72.2 Å². The van der Waals surface area contributed by atoms with E-state index < -0.39 is 6.10 Å². The first-order chi connectivity index (χ1) is 10.1. The fourth-order valence-electron chi connectivity index (χ4n) is 1.75. The Labute approximate surface area is 142 Å². The van der Waals surface area contributed by atoms with Gasteiger partial charge < -0.3 is 10.1 Å². The van der Waals surface area contributed by atoms with Gasteiger partial charge in [-0.25, -0.2) is 0 Å². The van der Waals surface area contributed by atoms with Crippen LogP contribution in [0.5, 0.6) is 5.75 Å². The third kappa shape index (κ3) is 4.64. The van der Waals surface area contributed by atoms with Gasteiger partial charge in [0.15, 0.2) is 6.10 Å². The van der Waals surface area contributed by atoms with Crippen LogP contribution in [-0.4, -0.2) is 18.3 Å². The smallest absolute Gasteiger partial charge is 0.265 e. The first kappa shape index (κ1) is 16.2. The van der Waals surface area contributed by atoms with Crippen LogP contribution in [0.1, 0.15) is 6.92 Å². The molecule has 2 aromatic carbocycles. The molecule has 0 aliphatic heterocycles. The van der Waals surface area contributed by atoms with Crippen LogP contribution < -0.4 is 10.1 Å². The number of amides is 1. The molecule has 0 spiro atoms. The molecule has 0 heterocycles. The van der Waals surface area contributed by atoms with E-state index in [0.29, 0.717) is 5.75 Å². The molecule has 0 bridgehead atoms. The minimum Gasteiger partial charge on any atom is -0.481 e. The van der Waals surface area contributed by atoms with E-state index >= 15 is 0 Å². The van der Waals surface area contributed by atoms with Gasteiger partial charge in [0.25, 0.3) is 5.91 Å². The number of thioether (sulfide) groups is 1. The summed E-state index contributed by atoms with van der Waals surface area (Å²) in [7, 11) is 0. The molecule has 0 saturated heterocycles. The van der Waals surface area contributed by atoms with Crippen LogP contribution in [0.3, 0.4) is 0 Å². The van der Waals surface area contributed by atoms with Gasteiger partial charge in [0.1, 0.15) is 5.75 Å². The maximum atomic E-state index is 12.2. The Kier molecular flexibility index (Phi) is 5.93. The standard InChI is InChI=1S/C16H16INO2S/c1-11(20-13-9-7-12(17)8-10-13)16(19)18-14-5-3-4-6-15(14)21-2/h3-11H,1-2H3,(H,18,19). The number of rotatable bonds is 5. The lowest BCUT2D eigenvalue weighted by Gasteiger charge is -2.16. The van der Waals surface area contributed by atoms with Crippen molar-refractivity contribution < 1.29 is 9.53 Å². The largest absolute Gasteiger partial charge is 0.481 e. The highest BCUT2D eigenvalue weighted by molar-refractivity contribution is 14.1. The van der Waals surface area contributed by atoms with Crippen molar-refractivity contribution in [3.63, 3.8) is 0 Å². The van der Waals surface area contributed by atoms with Crippen LogP contribution in [0.15, 0.2) is 53.4 Å². The van der Waals surface area contributed by atoms with Gasteiger partial charge in [-0.15, -0.1) is 11.8 Å². The number of ether oxygens (including phenoxy) is 1. The zero-order valence-corrected chi connectivity index (χ0v) is 14.8. The fraction of sp³-hybridized carbons (Fsp3) is 0.188. The number of carbonyl (C=O) groups excluding carboxylic acids is 1. The molecular formula is C16H16INO2S. The highest BCUT2D eigenvalue weighted by Crippen LogP contribution is 2.25. The van der Waals surface area contributed by atoms with Gasteiger partial charge in [-0.2, -0.15) is 0 Å². The number of nitrogens with one attached hydrogen (secondary N) is 1. The quantitative estimate of drug-likeness (QED) is 0.583. The van der Waals surface area contributed by atoms with Gasteiger partial charge >= 0.3 is 0 Å². The molecule has 21 heavy (non-hydrogen) atoms. The molecule has 0 aliphatic carbocycles. The van der Waals surface area contributed by atoms with Gasteiger partial charge in [0, 0.05) is 8.47 Å². The third-order valence-corrected chi connectivity index (χ3v) is 4.38. The van der Waals surface area contributed by atoms with E-state index in [9.17, 15) is 4.79 Å². The molecule has 1 amide bonds. The maximum absolute atomic E-state index is 12.2. The number of anilines is 1. The topological polar surface area (TPSA) is 38.3 Å². The highest BCUT2D eigenvalue weighted by Gasteiger charge is 2.16. The minimum absolute atomic E-state index is 0.157. The normalized spacial score (nSPS) is 11.8. The summed E-state index contributed by atoms with van der Waals surface area (Å²) in [6.07, 6.45) is 1.43. The van der Waals surface area contributed by atoms with Gasteiger partial charge in [-0.1, -0.05) is 12.1 Å². The zero-order chi connectivity index (χ0) is 15.2. The number of carbonyl (C=O) groups is 1. The van der Waals surface area contributed by atoms with Crippen LogP contribution in [0.4, 0.5) is 5.69 Å². The molecule has 0 saturated carbocycles. The summed E-state index contributed by atoms with van der Waals surface area (Å²) in [4.78, 5) is 13.2. The van der Waals surface area contributed by atoms with E-state index in [0.717, 1.165) is 14.2 Å². The number of para-hydroxylation sites is 1. The molecule has 1 N–H and O–H groups in total. The van der Waals surface area contributed by atoms with Crippen LogP contribution in [0.25, 0.3) is 0 Å². The van der Waals surface area contributed by atoms with E-state index in [2.05, 4.69) is 27.9 Å². The lowest BCUT2D eigenvalue weighted by molar-refractivity contribution is -0.122.